The normalized spacial score (nSPS) is 13.0. The molecule has 0 saturated carbocycles. The van der Waals surface area contributed by atoms with Crippen molar-refractivity contribution in [3.8, 4) is 0 Å². The fourth-order valence-electron chi connectivity index (χ4n) is 2.17. The smallest absolute Gasteiger partial charge is 0.209 e. The highest BCUT2D eigenvalue weighted by atomic mass is 35.6. The molecule has 1 aromatic rings. The van der Waals surface area contributed by atoms with Gasteiger partial charge in [-0.15, -0.1) is 12.4 Å². The number of halogens is 5. The van der Waals surface area contributed by atoms with Crippen LogP contribution in [0.25, 0.3) is 0 Å². The molecule has 22 heavy (non-hydrogen) atoms. The summed E-state index contributed by atoms with van der Waals surface area (Å²) in [7, 11) is 0. The monoisotopic (exact) mass is 406 g/mol. The quantitative estimate of drug-likeness (QED) is 0.452. The van der Waals surface area contributed by atoms with Crippen molar-refractivity contribution in [3.05, 3.63) is 34.9 Å². The van der Waals surface area contributed by atoms with E-state index in [1.165, 1.54) is 0 Å². The maximum Gasteiger partial charge on any atom is 0.209 e. The van der Waals surface area contributed by atoms with Crippen molar-refractivity contribution in [3.63, 3.8) is 0 Å². The Morgan fingerprint density at radius 3 is 2.09 bits per heavy atom. The predicted octanol–water partition coefficient (Wildman–Crippen LogP) is 5.49. The van der Waals surface area contributed by atoms with E-state index in [-0.39, 0.29) is 18.4 Å². The molecule has 1 aromatic carbocycles. The number of nitrogens with zero attached hydrogens (tertiary/aromatic N) is 1. The van der Waals surface area contributed by atoms with Crippen LogP contribution in [-0.2, 0) is 0 Å². The SMILES string of the molecule is CCN(CC)CCCNC(c1ccc(Cl)cc1)C(Cl)(Cl)Cl.Cl. The van der Waals surface area contributed by atoms with Gasteiger partial charge in [0, 0.05) is 5.02 Å². The summed E-state index contributed by atoms with van der Waals surface area (Å²) < 4.78 is -1.40. The maximum atomic E-state index is 6.09. The third-order valence-electron chi connectivity index (χ3n) is 3.42. The number of hydrogen-bond donors (Lipinski definition) is 1. The molecule has 0 saturated heterocycles. The van der Waals surface area contributed by atoms with Crippen molar-refractivity contribution in [1.29, 1.82) is 0 Å². The average Bonchev–Trinajstić information content (AvgIpc) is 2.43. The first-order valence-electron chi connectivity index (χ1n) is 7.16. The third kappa shape index (κ3) is 7.92. The molecule has 0 radical (unpaired) electrons. The van der Waals surface area contributed by atoms with Crippen LogP contribution in [0.2, 0.25) is 5.02 Å². The molecule has 2 nitrogen and oxygen atoms in total. The van der Waals surface area contributed by atoms with E-state index in [1.54, 1.807) is 12.1 Å². The second-order valence-corrected chi connectivity index (χ2v) is 7.67. The van der Waals surface area contributed by atoms with Gasteiger partial charge in [0.15, 0.2) is 0 Å². The molecule has 128 valence electrons. The molecule has 1 N–H and O–H groups in total. The first-order chi connectivity index (χ1) is 9.88. The number of rotatable bonds is 8. The van der Waals surface area contributed by atoms with Crippen molar-refractivity contribution < 1.29 is 0 Å². The van der Waals surface area contributed by atoms with Crippen LogP contribution in [0.5, 0.6) is 0 Å². The minimum absolute atomic E-state index is 0. The van der Waals surface area contributed by atoms with Gasteiger partial charge in [-0.1, -0.05) is 72.4 Å². The van der Waals surface area contributed by atoms with E-state index in [1.807, 2.05) is 12.1 Å². The summed E-state index contributed by atoms with van der Waals surface area (Å²) in [6.07, 6.45) is 1.01. The highest BCUT2D eigenvalue weighted by molar-refractivity contribution is 6.68. The second-order valence-electron chi connectivity index (χ2n) is 4.86. The molecule has 1 unspecified atom stereocenters. The largest absolute Gasteiger partial charge is 0.306 e. The van der Waals surface area contributed by atoms with Crippen LogP contribution in [0.3, 0.4) is 0 Å². The maximum absolute atomic E-state index is 6.09. The van der Waals surface area contributed by atoms with Crippen LogP contribution < -0.4 is 5.32 Å². The Morgan fingerprint density at radius 2 is 1.64 bits per heavy atom. The Labute approximate surface area is 159 Å². The molecule has 0 spiro atoms. The zero-order valence-electron chi connectivity index (χ0n) is 12.8. The Morgan fingerprint density at radius 1 is 1.09 bits per heavy atom. The van der Waals surface area contributed by atoms with Crippen molar-refractivity contribution in [2.75, 3.05) is 26.2 Å². The second kappa shape index (κ2) is 11.2. The molecular weight excluding hydrogens is 385 g/mol. The van der Waals surface area contributed by atoms with Crippen molar-refractivity contribution in [2.24, 2.45) is 0 Å². The molecule has 0 aliphatic heterocycles. The molecule has 1 atom stereocenters. The fourth-order valence-corrected chi connectivity index (χ4v) is 2.90. The Kier molecular flexibility index (Phi) is 11.5. The highest BCUT2D eigenvalue weighted by Crippen LogP contribution is 2.39. The van der Waals surface area contributed by atoms with Gasteiger partial charge in [-0.05, 0) is 50.3 Å². The van der Waals surface area contributed by atoms with Crippen LogP contribution in [0.15, 0.2) is 24.3 Å². The molecule has 0 aliphatic carbocycles. The van der Waals surface area contributed by atoms with Crippen LogP contribution in [0.1, 0.15) is 31.9 Å². The van der Waals surface area contributed by atoms with Crippen LogP contribution in [0, 0.1) is 0 Å². The van der Waals surface area contributed by atoms with E-state index >= 15 is 0 Å². The Hall–Kier alpha value is 0.590. The molecule has 0 heterocycles. The van der Waals surface area contributed by atoms with E-state index < -0.39 is 3.79 Å². The van der Waals surface area contributed by atoms with Crippen molar-refractivity contribution in [1.82, 2.24) is 10.2 Å². The van der Waals surface area contributed by atoms with E-state index in [2.05, 4.69) is 24.1 Å². The lowest BCUT2D eigenvalue weighted by Gasteiger charge is -2.27. The molecule has 0 aliphatic rings. The predicted molar refractivity (Wildman–Crippen MR) is 102 cm³/mol. The highest BCUT2D eigenvalue weighted by Gasteiger charge is 2.33. The van der Waals surface area contributed by atoms with Gasteiger partial charge >= 0.3 is 0 Å². The minimum atomic E-state index is -1.40. The number of alkyl halides is 3. The molecule has 0 fully saturated rings. The average molecular weight is 409 g/mol. The Bertz CT molecular complexity index is 401. The zero-order chi connectivity index (χ0) is 15.9. The number of nitrogens with one attached hydrogen (secondary N) is 1. The topological polar surface area (TPSA) is 15.3 Å². The molecule has 0 aromatic heterocycles. The Balaban J connectivity index is 0.00000441. The van der Waals surface area contributed by atoms with Gasteiger partial charge in [-0.25, -0.2) is 0 Å². The van der Waals surface area contributed by atoms with Gasteiger partial charge < -0.3 is 10.2 Å². The lowest BCUT2D eigenvalue weighted by Crippen LogP contribution is -2.34. The molecule has 7 heteroatoms. The van der Waals surface area contributed by atoms with E-state index in [0.29, 0.717) is 5.02 Å². The van der Waals surface area contributed by atoms with Crippen molar-refractivity contribution in [2.45, 2.75) is 30.1 Å². The lowest BCUT2D eigenvalue weighted by molar-refractivity contribution is 0.295. The molecular formula is C15H23Cl5N2. The summed E-state index contributed by atoms with van der Waals surface area (Å²) in [5.74, 6) is 0. The van der Waals surface area contributed by atoms with Gasteiger partial charge in [0.1, 0.15) is 0 Å². The summed E-state index contributed by atoms with van der Waals surface area (Å²) in [6.45, 7) is 8.26. The van der Waals surface area contributed by atoms with Gasteiger partial charge in [-0.2, -0.15) is 0 Å². The summed E-state index contributed by atoms with van der Waals surface area (Å²) in [6, 6.07) is 7.02. The lowest BCUT2D eigenvalue weighted by atomic mass is 10.1. The molecule has 0 amide bonds. The summed E-state index contributed by atoms with van der Waals surface area (Å²) >= 11 is 24.2. The summed E-state index contributed by atoms with van der Waals surface area (Å²) in [4.78, 5) is 2.37. The van der Waals surface area contributed by atoms with E-state index in [9.17, 15) is 0 Å². The van der Waals surface area contributed by atoms with E-state index in [4.69, 9.17) is 46.4 Å². The van der Waals surface area contributed by atoms with Crippen LogP contribution in [0.4, 0.5) is 0 Å². The van der Waals surface area contributed by atoms with Crippen molar-refractivity contribution >= 4 is 58.8 Å². The van der Waals surface area contributed by atoms with Gasteiger partial charge in [0.2, 0.25) is 3.79 Å². The van der Waals surface area contributed by atoms with Crippen LogP contribution in [-0.4, -0.2) is 34.9 Å². The first-order valence-corrected chi connectivity index (χ1v) is 8.67. The number of benzene rings is 1. The zero-order valence-corrected chi connectivity index (χ0v) is 16.6. The van der Waals surface area contributed by atoms with Gasteiger partial charge in [0.05, 0.1) is 6.04 Å². The van der Waals surface area contributed by atoms with Gasteiger partial charge in [-0.3, -0.25) is 0 Å². The first kappa shape index (κ1) is 22.6. The van der Waals surface area contributed by atoms with E-state index in [0.717, 1.165) is 38.2 Å². The fraction of sp³-hybridized carbons (Fsp3) is 0.600. The summed E-state index contributed by atoms with van der Waals surface area (Å²) in [5, 5.41) is 4.00. The molecule has 0 bridgehead atoms. The third-order valence-corrected chi connectivity index (χ3v) is 4.33. The van der Waals surface area contributed by atoms with Crippen LogP contribution >= 0.6 is 58.8 Å². The number of hydrogen-bond acceptors (Lipinski definition) is 2. The molecule has 1 rings (SSSR count). The summed E-state index contributed by atoms with van der Waals surface area (Å²) in [5.41, 5.74) is 0.919. The van der Waals surface area contributed by atoms with Gasteiger partial charge in [0.25, 0.3) is 0 Å². The minimum Gasteiger partial charge on any atom is -0.306 e. The standard InChI is InChI=1S/C15H22Cl4N2.ClH/c1-3-21(4-2)11-5-10-20-14(15(17,18)19)12-6-8-13(16)9-7-12;/h6-9,14,20H,3-5,10-11H2,1-2H3;1H.